The van der Waals surface area contributed by atoms with Gasteiger partial charge >= 0.3 is 0 Å². The molecule has 0 spiro atoms. The lowest BCUT2D eigenvalue weighted by Gasteiger charge is -2.28. The molecule has 2 aromatic carbocycles. The third-order valence-corrected chi connectivity index (χ3v) is 7.97. The van der Waals surface area contributed by atoms with Crippen LogP contribution < -0.4 is 4.74 Å². The molecule has 0 amide bonds. The number of ketones is 1. The molecule has 0 saturated carbocycles. The molecule has 0 radical (unpaired) electrons. The highest BCUT2D eigenvalue weighted by molar-refractivity contribution is 7.99. The number of carbonyl (C=O) groups is 1. The van der Waals surface area contributed by atoms with Crippen LogP contribution in [0.4, 0.5) is 4.39 Å². The molecular formula is C22H26FNO4S2. The minimum Gasteiger partial charge on any atom is -0.497 e. The first-order valence-electron chi connectivity index (χ1n) is 9.66. The van der Waals surface area contributed by atoms with Crippen LogP contribution in [-0.2, 0) is 20.6 Å². The second-order valence-corrected chi connectivity index (χ2v) is 10.8. The Balaban J connectivity index is 1.79. The molecular weight excluding hydrogens is 425 g/mol. The number of nitrogens with zero attached hydrogens (tertiary/aromatic N) is 1. The molecule has 0 bridgehead atoms. The van der Waals surface area contributed by atoms with Crippen LogP contribution in [0.3, 0.4) is 0 Å². The van der Waals surface area contributed by atoms with E-state index in [9.17, 15) is 17.6 Å². The van der Waals surface area contributed by atoms with Crippen LogP contribution in [0.15, 0.2) is 48.5 Å². The van der Waals surface area contributed by atoms with Gasteiger partial charge in [0.15, 0.2) is 0 Å². The monoisotopic (exact) mass is 451 g/mol. The summed E-state index contributed by atoms with van der Waals surface area (Å²) in [6.07, 6.45) is 1.74. The summed E-state index contributed by atoms with van der Waals surface area (Å²) in [4.78, 5) is 12.5. The van der Waals surface area contributed by atoms with Gasteiger partial charge in [0.1, 0.15) is 17.3 Å². The first-order valence-corrected chi connectivity index (χ1v) is 12.6. The van der Waals surface area contributed by atoms with E-state index in [1.54, 1.807) is 31.0 Å². The lowest BCUT2D eigenvalue weighted by Crippen LogP contribution is -2.40. The summed E-state index contributed by atoms with van der Waals surface area (Å²) >= 11 is 1.68. The van der Waals surface area contributed by atoms with E-state index >= 15 is 0 Å². The van der Waals surface area contributed by atoms with Crippen LogP contribution in [0.5, 0.6) is 5.75 Å². The number of methoxy groups -OCH3 is 1. The summed E-state index contributed by atoms with van der Waals surface area (Å²) < 4.78 is 44.9. The number of rotatable bonds is 8. The fourth-order valence-corrected chi connectivity index (χ4v) is 6.40. The second-order valence-electron chi connectivity index (χ2n) is 7.56. The second kappa shape index (κ2) is 9.49. The summed E-state index contributed by atoms with van der Waals surface area (Å²) in [7, 11) is -1.87. The summed E-state index contributed by atoms with van der Waals surface area (Å²) in [5.74, 6) is 0.394. The van der Waals surface area contributed by atoms with Gasteiger partial charge in [-0.3, -0.25) is 4.79 Å². The van der Waals surface area contributed by atoms with E-state index in [1.807, 2.05) is 24.3 Å². The van der Waals surface area contributed by atoms with Crippen molar-refractivity contribution in [2.24, 2.45) is 0 Å². The van der Waals surface area contributed by atoms with Crippen LogP contribution in [0.1, 0.15) is 30.4 Å². The Labute approximate surface area is 181 Å². The maximum Gasteiger partial charge on any atom is 0.211 e. The molecule has 162 valence electrons. The zero-order valence-electron chi connectivity index (χ0n) is 17.2. The molecule has 30 heavy (non-hydrogen) atoms. The molecule has 2 aromatic rings. The average Bonchev–Trinajstić information content (AvgIpc) is 3.12. The van der Waals surface area contributed by atoms with E-state index in [1.165, 1.54) is 29.6 Å². The summed E-state index contributed by atoms with van der Waals surface area (Å²) in [6.45, 7) is 1.82. The minimum atomic E-state index is -3.49. The maximum absolute atomic E-state index is 13.4. The van der Waals surface area contributed by atoms with Crippen LogP contribution in [0.2, 0.25) is 0 Å². The number of sulfonamides is 1. The smallest absolute Gasteiger partial charge is 0.211 e. The van der Waals surface area contributed by atoms with Gasteiger partial charge in [-0.25, -0.2) is 12.8 Å². The van der Waals surface area contributed by atoms with E-state index < -0.39 is 22.0 Å². The van der Waals surface area contributed by atoms with Crippen molar-refractivity contribution in [1.29, 1.82) is 0 Å². The number of carbonyl (C=O) groups excluding carboxylic acids is 1. The Bertz CT molecular complexity index is 977. The van der Waals surface area contributed by atoms with Crippen LogP contribution in [0, 0.1) is 5.82 Å². The van der Waals surface area contributed by atoms with Gasteiger partial charge in [-0.1, -0.05) is 24.3 Å². The number of Topliss-reactive ketones (excluding diaryl/α,β-unsaturated/α-hetero) is 1. The van der Waals surface area contributed by atoms with Crippen molar-refractivity contribution < 1.29 is 22.3 Å². The third kappa shape index (κ3) is 5.42. The molecule has 1 saturated heterocycles. The number of hydrogen-bond acceptors (Lipinski definition) is 5. The van der Waals surface area contributed by atoms with E-state index in [2.05, 4.69) is 0 Å². The molecule has 0 N–H and O–H groups in total. The van der Waals surface area contributed by atoms with Crippen molar-refractivity contribution in [2.75, 3.05) is 19.9 Å². The van der Waals surface area contributed by atoms with Gasteiger partial charge < -0.3 is 4.74 Å². The quantitative estimate of drug-likeness (QED) is 0.610. The molecule has 3 atom stereocenters. The maximum atomic E-state index is 13.4. The summed E-state index contributed by atoms with van der Waals surface area (Å²) in [6, 6.07) is 13.1. The Morgan fingerprint density at radius 2 is 1.83 bits per heavy atom. The highest BCUT2D eigenvalue weighted by Gasteiger charge is 2.43. The molecule has 1 aliphatic heterocycles. The predicted octanol–water partition coefficient (Wildman–Crippen LogP) is 3.84. The van der Waals surface area contributed by atoms with Crippen molar-refractivity contribution in [3.63, 3.8) is 0 Å². The molecule has 1 fully saturated rings. The van der Waals surface area contributed by atoms with Crippen molar-refractivity contribution in [1.82, 2.24) is 4.31 Å². The minimum absolute atomic E-state index is 0.0640. The van der Waals surface area contributed by atoms with Crippen LogP contribution >= 0.6 is 11.8 Å². The highest BCUT2D eigenvalue weighted by Crippen LogP contribution is 2.38. The summed E-state index contributed by atoms with van der Waals surface area (Å²) in [5.41, 5.74) is 1.76. The lowest BCUT2D eigenvalue weighted by atomic mass is 9.87. The Kier molecular flexibility index (Phi) is 7.21. The van der Waals surface area contributed by atoms with Gasteiger partial charge in [0.2, 0.25) is 10.0 Å². The fraction of sp³-hybridized carbons (Fsp3) is 0.409. The molecule has 5 nitrogen and oxygen atoms in total. The van der Waals surface area contributed by atoms with Crippen LogP contribution in [0.25, 0.3) is 0 Å². The van der Waals surface area contributed by atoms with Gasteiger partial charge in [-0.2, -0.15) is 16.1 Å². The normalized spacial score (nSPS) is 20.8. The van der Waals surface area contributed by atoms with E-state index in [0.29, 0.717) is 18.5 Å². The van der Waals surface area contributed by atoms with Gasteiger partial charge in [-0.05, 0) is 48.7 Å². The zero-order chi connectivity index (χ0) is 21.9. The van der Waals surface area contributed by atoms with E-state index in [-0.39, 0.29) is 16.9 Å². The lowest BCUT2D eigenvalue weighted by molar-refractivity contribution is -0.119. The summed E-state index contributed by atoms with van der Waals surface area (Å²) in [5, 5.41) is 0.0640. The Morgan fingerprint density at radius 3 is 2.37 bits per heavy atom. The standard InChI is InChI=1S/C22H26FNO4S2/c1-15(25)22(17-6-8-18(23)9-7-17)21-12-20(13-24(21)30(3,26)27)29-14-16-4-10-19(28-2)11-5-16/h4-11,20-22H,12-14H2,1-3H3. The van der Waals surface area contributed by atoms with Crippen molar-refractivity contribution in [2.45, 2.75) is 36.3 Å². The van der Waals surface area contributed by atoms with Crippen molar-refractivity contribution in [3.8, 4) is 5.75 Å². The molecule has 3 unspecified atom stereocenters. The predicted molar refractivity (Wildman–Crippen MR) is 118 cm³/mol. The van der Waals surface area contributed by atoms with Crippen LogP contribution in [-0.4, -0.2) is 49.7 Å². The number of benzene rings is 2. The highest BCUT2D eigenvalue weighted by atomic mass is 32.2. The topological polar surface area (TPSA) is 63.7 Å². The first-order chi connectivity index (χ1) is 14.2. The Hall–Kier alpha value is -1.90. The van der Waals surface area contributed by atoms with Gasteiger partial charge in [0.25, 0.3) is 0 Å². The molecule has 0 aromatic heterocycles. The SMILES string of the molecule is COc1ccc(CSC2CC(C(C(C)=O)c3ccc(F)cc3)N(S(C)(=O)=O)C2)cc1. The molecule has 1 heterocycles. The molecule has 8 heteroatoms. The molecule has 3 rings (SSSR count). The number of thioether (sulfide) groups is 1. The van der Waals surface area contributed by atoms with Crippen molar-refractivity contribution >= 4 is 27.6 Å². The van der Waals surface area contributed by atoms with E-state index in [4.69, 9.17) is 4.74 Å². The largest absolute Gasteiger partial charge is 0.497 e. The van der Waals surface area contributed by atoms with Gasteiger partial charge in [0.05, 0.1) is 19.3 Å². The van der Waals surface area contributed by atoms with Crippen molar-refractivity contribution in [3.05, 3.63) is 65.5 Å². The zero-order valence-corrected chi connectivity index (χ0v) is 18.9. The number of ether oxygens (including phenoxy) is 1. The van der Waals surface area contributed by atoms with Gasteiger partial charge in [-0.15, -0.1) is 0 Å². The average molecular weight is 452 g/mol. The molecule has 0 aliphatic carbocycles. The fourth-order valence-electron chi connectivity index (χ4n) is 3.94. The number of hydrogen-bond donors (Lipinski definition) is 0. The number of halogens is 1. The Morgan fingerprint density at radius 1 is 1.20 bits per heavy atom. The first kappa shape index (κ1) is 22.8. The van der Waals surface area contributed by atoms with E-state index in [0.717, 1.165) is 17.1 Å². The molecule has 1 aliphatic rings. The van der Waals surface area contributed by atoms with Gasteiger partial charge in [0, 0.05) is 23.6 Å². The third-order valence-electron chi connectivity index (χ3n) is 5.38.